The average Bonchev–Trinajstić information content (AvgIpc) is 2.71. The molecule has 1 aromatic rings. The molecule has 1 aliphatic rings. The zero-order chi connectivity index (χ0) is 14.0. The van der Waals surface area contributed by atoms with Gasteiger partial charge in [0, 0.05) is 19.7 Å². The second-order valence-electron chi connectivity index (χ2n) is 4.34. The van der Waals surface area contributed by atoms with E-state index < -0.39 is 36.4 Å². The second-order valence-corrected chi connectivity index (χ2v) is 4.34. The molecule has 2 heterocycles. The molecule has 0 amide bonds. The number of methoxy groups -OCH3 is 1. The van der Waals surface area contributed by atoms with Crippen molar-refractivity contribution >= 4 is 0 Å². The summed E-state index contributed by atoms with van der Waals surface area (Å²) in [5, 5.41) is 9.76. The van der Waals surface area contributed by atoms with Crippen LogP contribution in [-0.2, 0) is 16.1 Å². The lowest BCUT2D eigenvalue weighted by molar-refractivity contribution is -0.0548. The van der Waals surface area contributed by atoms with Crippen molar-refractivity contribution in [3.63, 3.8) is 0 Å². The van der Waals surface area contributed by atoms with Crippen LogP contribution in [-0.4, -0.2) is 40.6 Å². The predicted molar refractivity (Wildman–Crippen MR) is 62.5 cm³/mol. The summed E-state index contributed by atoms with van der Waals surface area (Å²) < 4.78 is 24.0. The fraction of sp³-hybridized carbons (Fsp3) is 0.636. The van der Waals surface area contributed by atoms with Gasteiger partial charge < -0.3 is 14.6 Å². The number of hydrogen-bond acceptors (Lipinski definition) is 5. The maximum Gasteiger partial charge on any atom is 0.330 e. The van der Waals surface area contributed by atoms with Crippen molar-refractivity contribution in [3.8, 4) is 0 Å². The standard InChI is InChI=1S/C11H15FN2O5/c1-18-5-8-7(15)2-9(19-8)14-4-6(3-12)10(16)13-11(14)17/h4,7-9,15H,2-3,5H2,1H3,(H,13,16,17)/t7-,8-,9-/m1/s1. The highest BCUT2D eigenvalue weighted by Gasteiger charge is 2.35. The molecular formula is C11H15FN2O5. The van der Waals surface area contributed by atoms with E-state index in [2.05, 4.69) is 0 Å². The molecule has 0 unspecified atom stereocenters. The van der Waals surface area contributed by atoms with Gasteiger partial charge in [-0.2, -0.15) is 0 Å². The molecule has 0 bridgehead atoms. The zero-order valence-electron chi connectivity index (χ0n) is 10.3. The number of rotatable bonds is 4. The normalized spacial score (nSPS) is 26.8. The molecule has 0 aromatic carbocycles. The van der Waals surface area contributed by atoms with Crippen LogP contribution < -0.4 is 11.2 Å². The maximum atomic E-state index is 12.6. The summed E-state index contributed by atoms with van der Waals surface area (Å²) in [5.41, 5.74) is -1.61. The number of ether oxygens (including phenoxy) is 2. The fourth-order valence-corrected chi connectivity index (χ4v) is 2.04. The number of nitrogens with one attached hydrogen (secondary N) is 1. The SMILES string of the molecule is COC[C@H]1O[C@@H](n2cc(CF)c(=O)[nH]c2=O)C[C@H]1O. The van der Waals surface area contributed by atoms with E-state index >= 15 is 0 Å². The van der Waals surface area contributed by atoms with Gasteiger partial charge in [-0.25, -0.2) is 9.18 Å². The highest BCUT2D eigenvalue weighted by atomic mass is 19.1. The first-order valence-corrected chi connectivity index (χ1v) is 5.79. The number of halogens is 1. The number of aliphatic hydroxyl groups is 1. The molecule has 1 fully saturated rings. The molecule has 1 saturated heterocycles. The Balaban J connectivity index is 2.28. The number of nitrogens with zero attached hydrogens (tertiary/aromatic N) is 1. The Morgan fingerprint density at radius 3 is 3.00 bits per heavy atom. The van der Waals surface area contributed by atoms with E-state index in [1.165, 1.54) is 7.11 Å². The largest absolute Gasteiger partial charge is 0.390 e. The van der Waals surface area contributed by atoms with Gasteiger partial charge in [0.2, 0.25) is 0 Å². The topological polar surface area (TPSA) is 93.5 Å². The molecule has 0 saturated carbocycles. The van der Waals surface area contributed by atoms with E-state index in [0.29, 0.717) is 0 Å². The van der Waals surface area contributed by atoms with E-state index in [0.717, 1.165) is 10.8 Å². The minimum absolute atomic E-state index is 0.159. The van der Waals surface area contributed by atoms with Gasteiger partial charge >= 0.3 is 5.69 Å². The predicted octanol–water partition coefficient (Wildman–Crippen LogP) is -0.699. The summed E-state index contributed by atoms with van der Waals surface area (Å²) in [6.45, 7) is -0.794. The van der Waals surface area contributed by atoms with Gasteiger partial charge in [0.25, 0.3) is 5.56 Å². The van der Waals surface area contributed by atoms with Crippen LogP contribution in [0.3, 0.4) is 0 Å². The van der Waals surface area contributed by atoms with E-state index in [-0.39, 0.29) is 18.6 Å². The van der Waals surface area contributed by atoms with Crippen molar-refractivity contribution in [1.29, 1.82) is 0 Å². The lowest BCUT2D eigenvalue weighted by atomic mass is 10.2. The Hall–Kier alpha value is -1.51. The number of hydrogen-bond donors (Lipinski definition) is 2. The van der Waals surface area contributed by atoms with Gasteiger partial charge in [0.1, 0.15) is 19.0 Å². The van der Waals surface area contributed by atoms with Crippen LogP contribution in [0.5, 0.6) is 0 Å². The molecule has 19 heavy (non-hydrogen) atoms. The summed E-state index contributed by atoms with van der Waals surface area (Å²) in [4.78, 5) is 24.9. The van der Waals surface area contributed by atoms with Crippen molar-refractivity contribution in [1.82, 2.24) is 9.55 Å². The molecule has 106 valence electrons. The minimum atomic E-state index is -0.980. The lowest BCUT2D eigenvalue weighted by Gasteiger charge is -2.15. The molecule has 0 aliphatic carbocycles. The summed E-state index contributed by atoms with van der Waals surface area (Å²) in [6.07, 6.45) is -0.788. The number of aromatic nitrogens is 2. The van der Waals surface area contributed by atoms with Crippen LogP contribution >= 0.6 is 0 Å². The Bertz CT molecular complexity index is 555. The number of aromatic amines is 1. The lowest BCUT2D eigenvalue weighted by Crippen LogP contribution is -2.34. The van der Waals surface area contributed by atoms with Crippen LogP contribution in [0, 0.1) is 0 Å². The van der Waals surface area contributed by atoms with Crippen molar-refractivity contribution < 1.29 is 19.0 Å². The summed E-state index contributed by atoms with van der Waals surface area (Å²) in [7, 11) is 1.47. The first-order valence-electron chi connectivity index (χ1n) is 5.79. The Labute approximate surface area is 107 Å². The molecule has 2 N–H and O–H groups in total. The molecule has 7 nitrogen and oxygen atoms in total. The minimum Gasteiger partial charge on any atom is -0.390 e. The number of H-pyrrole nitrogens is 1. The van der Waals surface area contributed by atoms with Gasteiger partial charge in [0.05, 0.1) is 18.3 Å². The monoisotopic (exact) mass is 274 g/mol. The maximum absolute atomic E-state index is 12.6. The number of alkyl halides is 1. The molecule has 0 spiro atoms. The van der Waals surface area contributed by atoms with Gasteiger partial charge in [0.15, 0.2) is 0 Å². The van der Waals surface area contributed by atoms with E-state index in [9.17, 15) is 19.1 Å². The molecular weight excluding hydrogens is 259 g/mol. The summed E-state index contributed by atoms with van der Waals surface area (Å²) in [6, 6.07) is 0. The van der Waals surface area contributed by atoms with E-state index in [1.54, 1.807) is 0 Å². The fourth-order valence-electron chi connectivity index (χ4n) is 2.04. The zero-order valence-corrected chi connectivity index (χ0v) is 10.3. The molecule has 1 aromatic heterocycles. The van der Waals surface area contributed by atoms with Gasteiger partial charge in [-0.15, -0.1) is 0 Å². The van der Waals surface area contributed by atoms with E-state index in [1.807, 2.05) is 4.98 Å². The van der Waals surface area contributed by atoms with Gasteiger partial charge in [-0.3, -0.25) is 14.3 Å². The first kappa shape index (κ1) is 13.9. The Morgan fingerprint density at radius 1 is 1.63 bits per heavy atom. The molecule has 8 heteroatoms. The van der Waals surface area contributed by atoms with Crippen molar-refractivity contribution in [2.75, 3.05) is 13.7 Å². The summed E-state index contributed by atoms with van der Waals surface area (Å²) >= 11 is 0. The third-order valence-corrected chi connectivity index (χ3v) is 3.03. The molecule has 1 aliphatic heterocycles. The first-order chi connectivity index (χ1) is 9.06. The third kappa shape index (κ3) is 2.75. The summed E-state index contributed by atoms with van der Waals surface area (Å²) in [5.74, 6) is 0. The quantitative estimate of drug-likeness (QED) is 0.757. The highest BCUT2D eigenvalue weighted by molar-refractivity contribution is 5.03. The molecule has 0 radical (unpaired) electrons. The molecule has 3 atom stereocenters. The second kappa shape index (κ2) is 5.64. The van der Waals surface area contributed by atoms with Crippen LogP contribution in [0.2, 0.25) is 0 Å². The smallest absolute Gasteiger partial charge is 0.330 e. The van der Waals surface area contributed by atoms with Gasteiger partial charge in [-0.05, 0) is 0 Å². The highest BCUT2D eigenvalue weighted by Crippen LogP contribution is 2.27. The third-order valence-electron chi connectivity index (χ3n) is 3.03. The Morgan fingerprint density at radius 2 is 2.37 bits per heavy atom. The van der Waals surface area contributed by atoms with Crippen LogP contribution in [0.4, 0.5) is 4.39 Å². The number of aliphatic hydroxyl groups excluding tert-OH is 1. The Kier molecular flexibility index (Phi) is 4.13. The van der Waals surface area contributed by atoms with Crippen LogP contribution in [0.15, 0.2) is 15.8 Å². The van der Waals surface area contributed by atoms with E-state index in [4.69, 9.17) is 9.47 Å². The van der Waals surface area contributed by atoms with Crippen LogP contribution in [0.25, 0.3) is 0 Å². The van der Waals surface area contributed by atoms with Crippen molar-refractivity contribution in [3.05, 3.63) is 32.6 Å². The molecule has 2 rings (SSSR count). The van der Waals surface area contributed by atoms with Crippen molar-refractivity contribution in [2.45, 2.75) is 31.5 Å². The van der Waals surface area contributed by atoms with Crippen LogP contribution in [0.1, 0.15) is 18.2 Å². The van der Waals surface area contributed by atoms with Crippen molar-refractivity contribution in [2.24, 2.45) is 0 Å². The average molecular weight is 274 g/mol. The van der Waals surface area contributed by atoms with Gasteiger partial charge in [-0.1, -0.05) is 0 Å².